The largest absolute Gasteiger partial charge is 0.416 e. The van der Waals surface area contributed by atoms with E-state index in [1.54, 1.807) is 6.07 Å². The molecule has 1 aromatic rings. The molecule has 0 unspecified atom stereocenters. The topological polar surface area (TPSA) is 64.4 Å². The van der Waals surface area contributed by atoms with Gasteiger partial charge in [0.05, 0.1) is 11.0 Å². The second-order valence-corrected chi connectivity index (χ2v) is 8.20. The van der Waals surface area contributed by atoms with Crippen molar-refractivity contribution in [3.05, 3.63) is 35.4 Å². The van der Waals surface area contributed by atoms with Gasteiger partial charge in [-0.3, -0.25) is 4.79 Å². The number of nitrogens with two attached hydrogens (primary N) is 1. The molecule has 1 amide bonds. The van der Waals surface area contributed by atoms with E-state index in [0.717, 1.165) is 38.2 Å². The summed E-state index contributed by atoms with van der Waals surface area (Å²) in [5, 5.41) is 3.06. The molecule has 1 aliphatic carbocycles. The van der Waals surface area contributed by atoms with E-state index in [2.05, 4.69) is 5.32 Å². The highest BCUT2D eigenvalue weighted by Gasteiger charge is 2.41. The summed E-state index contributed by atoms with van der Waals surface area (Å²) in [5.41, 5.74) is 4.85. The maximum absolute atomic E-state index is 13.2. The third kappa shape index (κ3) is 5.25. The lowest BCUT2D eigenvalue weighted by atomic mass is 9.68. The molecule has 2 aliphatic rings. The van der Waals surface area contributed by atoms with Gasteiger partial charge < -0.3 is 15.8 Å². The van der Waals surface area contributed by atoms with Crippen LogP contribution >= 0.6 is 12.4 Å². The molecule has 0 radical (unpaired) electrons. The minimum atomic E-state index is -4.37. The van der Waals surface area contributed by atoms with Gasteiger partial charge in [0, 0.05) is 31.7 Å². The van der Waals surface area contributed by atoms with E-state index < -0.39 is 22.6 Å². The van der Waals surface area contributed by atoms with Crippen LogP contribution in [0, 0.1) is 5.41 Å². The number of hydrogen-bond donors (Lipinski definition) is 2. The van der Waals surface area contributed by atoms with Crippen molar-refractivity contribution < 1.29 is 22.7 Å². The number of rotatable bonds is 5. The molecule has 1 saturated carbocycles. The Morgan fingerprint density at radius 3 is 2.34 bits per heavy atom. The number of hydrogen-bond acceptors (Lipinski definition) is 3. The smallest absolute Gasteiger partial charge is 0.381 e. The Balaban J connectivity index is 0.00000300. The summed E-state index contributed by atoms with van der Waals surface area (Å²) in [6.07, 6.45) is 1.28. The van der Waals surface area contributed by atoms with Gasteiger partial charge in [-0.25, -0.2) is 0 Å². The number of nitrogens with one attached hydrogen (secondary N) is 1. The summed E-state index contributed by atoms with van der Waals surface area (Å²) in [6, 6.07) is 5.59. The molecule has 0 spiro atoms. The first kappa shape index (κ1) is 24.0. The van der Waals surface area contributed by atoms with Crippen molar-refractivity contribution in [1.82, 2.24) is 5.32 Å². The Morgan fingerprint density at radius 2 is 1.76 bits per heavy atom. The van der Waals surface area contributed by atoms with Crippen LogP contribution in [0.5, 0.6) is 0 Å². The van der Waals surface area contributed by atoms with Crippen LogP contribution in [0.3, 0.4) is 0 Å². The van der Waals surface area contributed by atoms with Crippen molar-refractivity contribution in [2.75, 3.05) is 26.3 Å². The first-order valence-electron chi connectivity index (χ1n) is 10.1. The number of carbonyl (C=O) groups is 1. The van der Waals surface area contributed by atoms with Gasteiger partial charge in [-0.15, -0.1) is 12.4 Å². The lowest BCUT2D eigenvalue weighted by Crippen LogP contribution is -2.52. The standard InChI is InChI=1S/C21H29F3N2O2.ClH/c22-21(23,24)17-6-4-5-16(13-17)20(7-2-1-3-8-20)15-26-18(27)19(14-25)9-11-28-12-10-19;/h4-6,13H,1-3,7-12,14-15,25H2,(H,26,27);1H. The average molecular weight is 435 g/mol. The predicted octanol–water partition coefficient (Wildman–Crippen LogP) is 4.20. The molecular weight excluding hydrogens is 405 g/mol. The Hall–Kier alpha value is -1.31. The van der Waals surface area contributed by atoms with Gasteiger partial charge in [0.15, 0.2) is 0 Å². The molecule has 164 valence electrons. The fraction of sp³-hybridized carbons (Fsp3) is 0.667. The van der Waals surface area contributed by atoms with E-state index in [9.17, 15) is 18.0 Å². The molecule has 1 aliphatic heterocycles. The van der Waals surface area contributed by atoms with Crippen LogP contribution in [0.4, 0.5) is 13.2 Å². The maximum Gasteiger partial charge on any atom is 0.416 e. The molecule has 29 heavy (non-hydrogen) atoms. The number of amides is 1. The van der Waals surface area contributed by atoms with Gasteiger partial charge in [-0.2, -0.15) is 13.2 Å². The van der Waals surface area contributed by atoms with Gasteiger partial charge in [-0.05, 0) is 37.3 Å². The molecule has 1 aromatic carbocycles. The van der Waals surface area contributed by atoms with Crippen molar-refractivity contribution in [1.29, 1.82) is 0 Å². The Morgan fingerprint density at radius 1 is 1.10 bits per heavy atom. The first-order chi connectivity index (χ1) is 13.3. The van der Waals surface area contributed by atoms with E-state index in [1.165, 1.54) is 12.1 Å². The van der Waals surface area contributed by atoms with Crippen molar-refractivity contribution >= 4 is 18.3 Å². The molecule has 8 heteroatoms. The van der Waals surface area contributed by atoms with Gasteiger partial charge in [0.2, 0.25) is 5.91 Å². The lowest BCUT2D eigenvalue weighted by Gasteiger charge is -2.40. The summed E-state index contributed by atoms with van der Waals surface area (Å²) in [5.74, 6) is -0.102. The SMILES string of the molecule is Cl.NCC1(C(=O)NCC2(c3cccc(C(F)(F)F)c3)CCCCC2)CCOCC1. The molecule has 1 heterocycles. The van der Waals surface area contributed by atoms with Crippen LogP contribution in [-0.4, -0.2) is 32.2 Å². The zero-order chi connectivity index (χ0) is 20.3. The van der Waals surface area contributed by atoms with Gasteiger partial charge in [0.25, 0.3) is 0 Å². The normalized spacial score (nSPS) is 21.1. The fourth-order valence-corrected chi connectivity index (χ4v) is 4.54. The molecule has 4 nitrogen and oxygen atoms in total. The monoisotopic (exact) mass is 434 g/mol. The number of benzene rings is 1. The summed E-state index contributed by atoms with van der Waals surface area (Å²) in [7, 11) is 0. The minimum Gasteiger partial charge on any atom is -0.381 e. The highest BCUT2D eigenvalue weighted by Crippen LogP contribution is 2.41. The number of alkyl halides is 3. The molecular formula is C21H30ClF3N2O2. The number of halogens is 4. The van der Waals surface area contributed by atoms with E-state index >= 15 is 0 Å². The average Bonchev–Trinajstić information content (AvgIpc) is 2.72. The Labute approximate surface area is 176 Å². The third-order valence-corrected chi connectivity index (χ3v) is 6.52. The molecule has 0 bridgehead atoms. The van der Waals surface area contributed by atoms with Crippen LogP contribution in [0.25, 0.3) is 0 Å². The zero-order valence-electron chi connectivity index (χ0n) is 16.5. The summed E-state index contributed by atoms with van der Waals surface area (Å²) in [4.78, 5) is 13.0. The molecule has 3 rings (SSSR count). The van der Waals surface area contributed by atoms with Crippen LogP contribution in [-0.2, 0) is 21.1 Å². The van der Waals surface area contributed by atoms with E-state index in [1.807, 2.05) is 0 Å². The second-order valence-electron chi connectivity index (χ2n) is 8.20. The Kier molecular flexibility index (Phi) is 7.99. The lowest BCUT2D eigenvalue weighted by molar-refractivity contribution is -0.138. The van der Waals surface area contributed by atoms with E-state index in [4.69, 9.17) is 10.5 Å². The van der Waals surface area contributed by atoms with Gasteiger partial charge in [0.1, 0.15) is 0 Å². The highest BCUT2D eigenvalue weighted by molar-refractivity contribution is 5.85. The van der Waals surface area contributed by atoms with Crippen molar-refractivity contribution in [3.63, 3.8) is 0 Å². The maximum atomic E-state index is 13.2. The fourth-order valence-electron chi connectivity index (χ4n) is 4.54. The van der Waals surface area contributed by atoms with Gasteiger partial charge >= 0.3 is 6.18 Å². The molecule has 1 saturated heterocycles. The third-order valence-electron chi connectivity index (χ3n) is 6.52. The van der Waals surface area contributed by atoms with Crippen LogP contribution < -0.4 is 11.1 Å². The summed E-state index contributed by atoms with van der Waals surface area (Å²) >= 11 is 0. The second kappa shape index (κ2) is 9.67. The van der Waals surface area contributed by atoms with Crippen LogP contribution in [0.1, 0.15) is 56.1 Å². The van der Waals surface area contributed by atoms with Crippen molar-refractivity contribution in [2.45, 2.75) is 56.5 Å². The van der Waals surface area contributed by atoms with Gasteiger partial charge in [-0.1, -0.05) is 37.5 Å². The van der Waals surface area contributed by atoms with E-state index in [-0.39, 0.29) is 24.9 Å². The van der Waals surface area contributed by atoms with Crippen LogP contribution in [0.15, 0.2) is 24.3 Å². The molecule has 0 aromatic heterocycles. The molecule has 2 fully saturated rings. The molecule has 0 atom stereocenters. The van der Waals surface area contributed by atoms with E-state index in [0.29, 0.717) is 38.2 Å². The summed E-state index contributed by atoms with van der Waals surface area (Å²) < 4.78 is 45.0. The number of carbonyl (C=O) groups excluding carboxylic acids is 1. The van der Waals surface area contributed by atoms with Crippen molar-refractivity contribution in [2.24, 2.45) is 11.1 Å². The number of ether oxygens (including phenoxy) is 1. The summed E-state index contributed by atoms with van der Waals surface area (Å²) in [6.45, 7) is 1.60. The highest BCUT2D eigenvalue weighted by atomic mass is 35.5. The quantitative estimate of drug-likeness (QED) is 0.730. The van der Waals surface area contributed by atoms with Crippen molar-refractivity contribution in [3.8, 4) is 0 Å². The van der Waals surface area contributed by atoms with Crippen LogP contribution in [0.2, 0.25) is 0 Å². The Bertz CT molecular complexity index is 685. The first-order valence-corrected chi connectivity index (χ1v) is 10.1. The minimum absolute atomic E-state index is 0. The molecule has 3 N–H and O–H groups in total. The predicted molar refractivity (Wildman–Crippen MR) is 108 cm³/mol. The zero-order valence-corrected chi connectivity index (χ0v) is 17.3.